The van der Waals surface area contributed by atoms with Crippen LogP contribution in [-0.4, -0.2) is 11.1 Å². The first-order chi connectivity index (χ1) is 4.74. The zero-order valence-corrected chi connectivity index (χ0v) is 5.72. The molecule has 0 aliphatic rings. The van der Waals surface area contributed by atoms with Gasteiger partial charge in [-0.25, -0.2) is 4.79 Å². The molecule has 0 unspecified atom stereocenters. The van der Waals surface area contributed by atoms with Crippen LogP contribution in [0.4, 0.5) is 0 Å². The van der Waals surface area contributed by atoms with Crippen LogP contribution in [-0.2, 0) is 0 Å². The molecule has 0 atom stereocenters. The van der Waals surface area contributed by atoms with Gasteiger partial charge in [0.15, 0.2) is 5.09 Å². The number of carboxylic acids is 1. The molecule has 54 valence electrons. The van der Waals surface area contributed by atoms with E-state index in [-0.39, 0.29) is 5.76 Å². The third-order valence-corrected chi connectivity index (χ3v) is 1.36. The van der Waals surface area contributed by atoms with E-state index in [4.69, 9.17) is 14.7 Å². The summed E-state index contributed by atoms with van der Waals surface area (Å²) in [6.07, 6.45) is 0. The number of carbonyl (C=O) groups is 1. The molecule has 0 radical (unpaired) electrons. The van der Waals surface area contributed by atoms with Crippen LogP contribution in [0.1, 0.15) is 10.6 Å². The van der Waals surface area contributed by atoms with E-state index in [1.807, 2.05) is 0 Å². The molecule has 1 aromatic heterocycles. The van der Waals surface area contributed by atoms with Crippen molar-refractivity contribution in [2.45, 2.75) is 5.09 Å². The van der Waals surface area contributed by atoms with Crippen LogP contribution in [0.25, 0.3) is 0 Å². The van der Waals surface area contributed by atoms with Gasteiger partial charge in [0, 0.05) is 0 Å². The van der Waals surface area contributed by atoms with Gasteiger partial charge in [-0.05, 0) is 24.1 Å². The van der Waals surface area contributed by atoms with E-state index in [9.17, 15) is 4.79 Å². The summed E-state index contributed by atoms with van der Waals surface area (Å²) in [5.74, 6) is -1.17. The molecule has 0 aromatic carbocycles. The number of rotatable bonds is 2. The molecule has 0 saturated carbocycles. The van der Waals surface area contributed by atoms with Gasteiger partial charge < -0.3 is 9.52 Å². The van der Waals surface area contributed by atoms with Crippen molar-refractivity contribution in [3.8, 4) is 0 Å². The van der Waals surface area contributed by atoms with E-state index >= 15 is 0 Å². The quantitative estimate of drug-likeness (QED) is 0.628. The molecule has 0 fully saturated rings. The highest BCUT2D eigenvalue weighted by molar-refractivity contribution is 7.96. The predicted octanol–water partition coefficient (Wildman–Crippen LogP) is 0.944. The van der Waals surface area contributed by atoms with Crippen molar-refractivity contribution < 1.29 is 14.3 Å². The summed E-state index contributed by atoms with van der Waals surface area (Å²) in [7, 11) is 0. The molecule has 0 saturated heterocycles. The molecule has 0 spiro atoms. The molecule has 1 aromatic rings. The van der Waals surface area contributed by atoms with Crippen LogP contribution in [0.2, 0.25) is 0 Å². The molecule has 0 amide bonds. The number of nitrogens with two attached hydrogens (primary N) is 1. The van der Waals surface area contributed by atoms with Gasteiger partial charge >= 0.3 is 5.97 Å². The minimum Gasteiger partial charge on any atom is -0.475 e. The Morgan fingerprint density at radius 3 is 2.70 bits per heavy atom. The minimum absolute atomic E-state index is 0.0899. The molecule has 0 bridgehead atoms. The Hall–Kier alpha value is -0.940. The normalized spacial score (nSPS) is 9.70. The van der Waals surface area contributed by atoms with E-state index < -0.39 is 5.97 Å². The Balaban J connectivity index is 2.88. The fourth-order valence-electron chi connectivity index (χ4n) is 0.498. The lowest BCUT2D eigenvalue weighted by atomic mass is 10.5. The van der Waals surface area contributed by atoms with Crippen LogP contribution in [0.5, 0.6) is 0 Å². The summed E-state index contributed by atoms with van der Waals surface area (Å²) in [5, 5.41) is 13.8. The Labute approximate surface area is 61.1 Å². The smallest absolute Gasteiger partial charge is 0.371 e. The SMILES string of the molecule is NSc1ccc(C(=O)O)o1. The first-order valence-corrected chi connectivity index (χ1v) is 3.32. The Morgan fingerprint density at radius 1 is 1.70 bits per heavy atom. The average Bonchev–Trinajstić information content (AvgIpc) is 2.34. The maximum Gasteiger partial charge on any atom is 0.371 e. The minimum atomic E-state index is -1.08. The lowest BCUT2D eigenvalue weighted by molar-refractivity contribution is 0.0656. The molecule has 5 heteroatoms. The molecule has 10 heavy (non-hydrogen) atoms. The third kappa shape index (κ3) is 1.31. The predicted molar refractivity (Wildman–Crippen MR) is 35.7 cm³/mol. The first kappa shape index (κ1) is 7.17. The van der Waals surface area contributed by atoms with E-state index in [2.05, 4.69) is 0 Å². The summed E-state index contributed by atoms with van der Waals surface area (Å²) in [6, 6.07) is 2.87. The summed E-state index contributed by atoms with van der Waals surface area (Å²) < 4.78 is 4.73. The zero-order valence-electron chi connectivity index (χ0n) is 4.90. The summed E-state index contributed by atoms with van der Waals surface area (Å²) in [4.78, 5) is 10.2. The largest absolute Gasteiger partial charge is 0.475 e. The molecule has 0 aliphatic heterocycles. The monoisotopic (exact) mass is 159 g/mol. The van der Waals surface area contributed by atoms with Gasteiger partial charge in [0.05, 0.1) is 0 Å². The van der Waals surface area contributed by atoms with E-state index in [1.54, 1.807) is 0 Å². The first-order valence-electron chi connectivity index (χ1n) is 2.44. The van der Waals surface area contributed by atoms with Gasteiger partial charge in [0.25, 0.3) is 0 Å². The molecule has 4 nitrogen and oxygen atoms in total. The number of hydrogen-bond acceptors (Lipinski definition) is 4. The Morgan fingerprint density at radius 2 is 2.40 bits per heavy atom. The third-order valence-electron chi connectivity index (χ3n) is 0.908. The zero-order chi connectivity index (χ0) is 7.56. The van der Waals surface area contributed by atoms with Gasteiger partial charge in [-0.15, -0.1) is 0 Å². The van der Waals surface area contributed by atoms with Crippen molar-refractivity contribution in [3.63, 3.8) is 0 Å². The standard InChI is InChI=1S/C5H5NO3S/c6-10-4-2-1-3(9-4)5(7)8/h1-2H,6H2,(H,7,8). The van der Waals surface area contributed by atoms with Gasteiger partial charge in [0.1, 0.15) is 0 Å². The van der Waals surface area contributed by atoms with Crippen molar-refractivity contribution in [1.29, 1.82) is 0 Å². The maximum absolute atomic E-state index is 10.2. The second-order valence-corrected chi connectivity index (χ2v) is 2.18. The summed E-state index contributed by atoms with van der Waals surface area (Å²) in [6.45, 7) is 0. The van der Waals surface area contributed by atoms with Gasteiger partial charge in [-0.1, -0.05) is 0 Å². The van der Waals surface area contributed by atoms with E-state index in [1.165, 1.54) is 12.1 Å². The number of hydrogen-bond donors (Lipinski definition) is 2. The molecule has 3 N–H and O–H groups in total. The molecular formula is C5H5NO3S. The Bertz CT molecular complexity index is 245. The van der Waals surface area contributed by atoms with Crippen molar-refractivity contribution in [2.24, 2.45) is 5.14 Å². The Kier molecular flexibility index (Phi) is 1.98. The number of furan rings is 1. The van der Waals surface area contributed by atoms with Crippen molar-refractivity contribution >= 4 is 17.9 Å². The lowest BCUT2D eigenvalue weighted by Crippen LogP contribution is -1.91. The maximum atomic E-state index is 10.2. The molecule has 1 heterocycles. The van der Waals surface area contributed by atoms with E-state index in [0.717, 1.165) is 11.9 Å². The van der Waals surface area contributed by atoms with Gasteiger partial charge in [-0.2, -0.15) is 0 Å². The second kappa shape index (κ2) is 2.76. The van der Waals surface area contributed by atoms with Crippen molar-refractivity contribution in [1.82, 2.24) is 0 Å². The van der Waals surface area contributed by atoms with Crippen molar-refractivity contribution in [2.75, 3.05) is 0 Å². The molecule has 0 aliphatic carbocycles. The average molecular weight is 159 g/mol. The van der Waals surface area contributed by atoms with Crippen LogP contribution >= 0.6 is 11.9 Å². The molecule has 1 rings (SSSR count). The van der Waals surface area contributed by atoms with Crippen LogP contribution in [0, 0.1) is 0 Å². The van der Waals surface area contributed by atoms with Crippen LogP contribution in [0.15, 0.2) is 21.6 Å². The summed E-state index contributed by atoms with van der Waals surface area (Å²) >= 11 is 0.877. The fraction of sp³-hybridized carbons (Fsp3) is 0. The van der Waals surface area contributed by atoms with E-state index in [0.29, 0.717) is 5.09 Å². The van der Waals surface area contributed by atoms with Crippen molar-refractivity contribution in [3.05, 3.63) is 17.9 Å². The highest BCUT2D eigenvalue weighted by atomic mass is 32.2. The second-order valence-electron chi connectivity index (χ2n) is 1.54. The van der Waals surface area contributed by atoms with Crippen LogP contribution < -0.4 is 5.14 Å². The number of aromatic carboxylic acids is 1. The lowest BCUT2D eigenvalue weighted by Gasteiger charge is -1.85. The van der Waals surface area contributed by atoms with Gasteiger partial charge in [-0.3, -0.25) is 5.14 Å². The van der Waals surface area contributed by atoms with Crippen LogP contribution in [0.3, 0.4) is 0 Å². The highest BCUT2D eigenvalue weighted by Gasteiger charge is 2.07. The van der Waals surface area contributed by atoms with Gasteiger partial charge in [0.2, 0.25) is 5.76 Å². The molecular weight excluding hydrogens is 154 g/mol. The summed E-state index contributed by atoms with van der Waals surface area (Å²) in [5.41, 5.74) is 0. The highest BCUT2D eigenvalue weighted by Crippen LogP contribution is 2.15. The topological polar surface area (TPSA) is 76.5 Å². The number of carboxylic acid groups (broad SMARTS) is 1. The fourth-order valence-corrected chi connectivity index (χ4v) is 0.783.